The highest BCUT2D eigenvalue weighted by Gasteiger charge is 2.20. The monoisotopic (exact) mass is 233 g/mol. The van der Waals surface area contributed by atoms with Crippen molar-refractivity contribution in [2.24, 2.45) is 5.92 Å². The highest BCUT2D eigenvalue weighted by molar-refractivity contribution is 5.54. The predicted octanol–water partition coefficient (Wildman–Crippen LogP) is 3.79. The third kappa shape index (κ3) is 3.15. The fourth-order valence-corrected chi connectivity index (χ4v) is 2.59. The molecule has 0 heterocycles. The SMILES string of the molecule is CCc1ccc(OC2CCCC(C)C2)c(N)c1. The maximum Gasteiger partial charge on any atom is 0.142 e. The molecular weight excluding hydrogens is 210 g/mol. The van der Waals surface area contributed by atoms with Gasteiger partial charge in [-0.15, -0.1) is 0 Å². The highest BCUT2D eigenvalue weighted by Crippen LogP contribution is 2.30. The molecule has 2 nitrogen and oxygen atoms in total. The molecule has 0 amide bonds. The fourth-order valence-electron chi connectivity index (χ4n) is 2.59. The maximum atomic E-state index is 6.03. The number of nitrogens with two attached hydrogens (primary N) is 1. The predicted molar refractivity (Wildman–Crippen MR) is 72.3 cm³/mol. The lowest BCUT2D eigenvalue weighted by atomic mass is 9.89. The van der Waals surface area contributed by atoms with Crippen LogP contribution in [0, 0.1) is 5.92 Å². The molecule has 1 fully saturated rings. The summed E-state index contributed by atoms with van der Waals surface area (Å²) in [6, 6.07) is 6.16. The highest BCUT2D eigenvalue weighted by atomic mass is 16.5. The van der Waals surface area contributed by atoms with Gasteiger partial charge in [-0.2, -0.15) is 0 Å². The summed E-state index contributed by atoms with van der Waals surface area (Å²) in [6.07, 6.45) is 6.32. The van der Waals surface area contributed by atoms with Crippen LogP contribution in [-0.4, -0.2) is 6.10 Å². The number of anilines is 1. The Morgan fingerprint density at radius 3 is 2.82 bits per heavy atom. The van der Waals surface area contributed by atoms with E-state index < -0.39 is 0 Å². The van der Waals surface area contributed by atoms with Crippen molar-refractivity contribution in [2.45, 2.75) is 52.1 Å². The van der Waals surface area contributed by atoms with Crippen molar-refractivity contribution in [3.8, 4) is 5.75 Å². The number of ether oxygens (including phenoxy) is 1. The fraction of sp³-hybridized carbons (Fsp3) is 0.600. The molecule has 2 unspecified atom stereocenters. The zero-order valence-electron chi connectivity index (χ0n) is 10.9. The van der Waals surface area contributed by atoms with Gasteiger partial charge < -0.3 is 10.5 Å². The van der Waals surface area contributed by atoms with E-state index in [0.29, 0.717) is 6.10 Å². The summed E-state index contributed by atoms with van der Waals surface area (Å²) in [5.41, 5.74) is 8.07. The van der Waals surface area contributed by atoms with Gasteiger partial charge in [-0.3, -0.25) is 0 Å². The summed E-state index contributed by atoms with van der Waals surface area (Å²) in [7, 11) is 0. The zero-order chi connectivity index (χ0) is 12.3. The van der Waals surface area contributed by atoms with Gasteiger partial charge >= 0.3 is 0 Å². The van der Waals surface area contributed by atoms with E-state index in [1.165, 1.54) is 24.8 Å². The number of benzene rings is 1. The molecule has 0 saturated heterocycles. The Morgan fingerprint density at radius 2 is 2.18 bits per heavy atom. The summed E-state index contributed by atoms with van der Waals surface area (Å²) in [4.78, 5) is 0. The Kier molecular flexibility index (Phi) is 3.93. The van der Waals surface area contributed by atoms with Gasteiger partial charge in [0.15, 0.2) is 0 Å². The van der Waals surface area contributed by atoms with Gasteiger partial charge in [0.1, 0.15) is 5.75 Å². The number of aryl methyl sites for hydroxylation is 1. The van der Waals surface area contributed by atoms with Crippen LogP contribution in [0.1, 0.15) is 45.1 Å². The van der Waals surface area contributed by atoms with Crippen LogP contribution in [0.2, 0.25) is 0 Å². The lowest BCUT2D eigenvalue weighted by Crippen LogP contribution is -2.24. The normalized spacial score (nSPS) is 24.6. The van der Waals surface area contributed by atoms with E-state index in [4.69, 9.17) is 10.5 Å². The van der Waals surface area contributed by atoms with E-state index in [0.717, 1.165) is 30.2 Å². The van der Waals surface area contributed by atoms with Crippen LogP contribution >= 0.6 is 0 Å². The number of rotatable bonds is 3. The first-order valence-electron chi connectivity index (χ1n) is 6.74. The maximum absolute atomic E-state index is 6.03. The molecular formula is C15H23NO. The molecule has 0 aliphatic heterocycles. The largest absolute Gasteiger partial charge is 0.488 e. The van der Waals surface area contributed by atoms with Gasteiger partial charge in [0.25, 0.3) is 0 Å². The summed E-state index contributed by atoms with van der Waals surface area (Å²) in [6.45, 7) is 4.44. The van der Waals surface area contributed by atoms with Crippen LogP contribution < -0.4 is 10.5 Å². The second-order valence-electron chi connectivity index (χ2n) is 5.24. The molecule has 1 saturated carbocycles. The van der Waals surface area contributed by atoms with Crippen molar-refractivity contribution < 1.29 is 4.74 Å². The Bertz CT molecular complexity index is 375. The van der Waals surface area contributed by atoms with Gasteiger partial charge in [0.2, 0.25) is 0 Å². The molecule has 1 aliphatic carbocycles. The van der Waals surface area contributed by atoms with E-state index >= 15 is 0 Å². The van der Waals surface area contributed by atoms with E-state index in [2.05, 4.69) is 19.9 Å². The Labute approximate surface area is 104 Å². The topological polar surface area (TPSA) is 35.2 Å². The van der Waals surface area contributed by atoms with Crippen molar-refractivity contribution in [2.75, 3.05) is 5.73 Å². The molecule has 2 atom stereocenters. The summed E-state index contributed by atoms with van der Waals surface area (Å²) >= 11 is 0. The van der Waals surface area contributed by atoms with Crippen LogP contribution in [0.4, 0.5) is 5.69 Å². The molecule has 0 bridgehead atoms. The molecule has 94 valence electrons. The summed E-state index contributed by atoms with van der Waals surface area (Å²) in [5, 5.41) is 0. The van der Waals surface area contributed by atoms with Crippen LogP contribution in [0.15, 0.2) is 18.2 Å². The van der Waals surface area contributed by atoms with Crippen LogP contribution in [0.3, 0.4) is 0 Å². The standard InChI is InChI=1S/C15H23NO/c1-3-12-7-8-15(14(16)10-12)17-13-6-4-5-11(2)9-13/h7-8,10-11,13H,3-6,9,16H2,1-2H3. The van der Waals surface area contributed by atoms with Gasteiger partial charge in [-0.1, -0.05) is 26.3 Å². The first-order chi connectivity index (χ1) is 8.19. The lowest BCUT2D eigenvalue weighted by Gasteiger charge is -2.27. The van der Waals surface area contributed by atoms with Gasteiger partial charge in [0, 0.05) is 0 Å². The van der Waals surface area contributed by atoms with Crippen molar-refractivity contribution in [3.05, 3.63) is 23.8 Å². The second kappa shape index (κ2) is 5.44. The minimum atomic E-state index is 0.355. The quantitative estimate of drug-likeness (QED) is 0.806. The third-order valence-corrected chi connectivity index (χ3v) is 3.66. The van der Waals surface area contributed by atoms with Gasteiger partial charge in [-0.25, -0.2) is 0 Å². The lowest BCUT2D eigenvalue weighted by molar-refractivity contribution is 0.130. The third-order valence-electron chi connectivity index (χ3n) is 3.66. The first kappa shape index (κ1) is 12.3. The number of hydrogen-bond acceptors (Lipinski definition) is 2. The van der Waals surface area contributed by atoms with E-state index in [1.54, 1.807) is 0 Å². The number of nitrogen functional groups attached to an aromatic ring is 1. The molecule has 17 heavy (non-hydrogen) atoms. The van der Waals surface area contributed by atoms with Crippen molar-refractivity contribution in [3.63, 3.8) is 0 Å². The average Bonchev–Trinajstić information content (AvgIpc) is 2.32. The molecule has 1 aliphatic rings. The van der Waals surface area contributed by atoms with Crippen molar-refractivity contribution in [1.29, 1.82) is 0 Å². The Balaban J connectivity index is 2.02. The first-order valence-corrected chi connectivity index (χ1v) is 6.74. The summed E-state index contributed by atoms with van der Waals surface area (Å²) in [5.74, 6) is 1.64. The second-order valence-corrected chi connectivity index (χ2v) is 5.24. The van der Waals surface area contributed by atoms with E-state index in [9.17, 15) is 0 Å². The van der Waals surface area contributed by atoms with Crippen LogP contribution in [-0.2, 0) is 6.42 Å². The van der Waals surface area contributed by atoms with Gasteiger partial charge in [0.05, 0.1) is 11.8 Å². The molecule has 0 radical (unpaired) electrons. The Morgan fingerprint density at radius 1 is 1.35 bits per heavy atom. The van der Waals surface area contributed by atoms with E-state index in [1.807, 2.05) is 12.1 Å². The molecule has 2 rings (SSSR count). The van der Waals surface area contributed by atoms with Gasteiger partial charge in [-0.05, 0) is 49.3 Å². The Hall–Kier alpha value is -1.18. The van der Waals surface area contributed by atoms with E-state index in [-0.39, 0.29) is 0 Å². The smallest absolute Gasteiger partial charge is 0.142 e. The number of hydrogen-bond donors (Lipinski definition) is 1. The molecule has 1 aromatic rings. The van der Waals surface area contributed by atoms with Crippen LogP contribution in [0.5, 0.6) is 5.75 Å². The van der Waals surface area contributed by atoms with Crippen LogP contribution in [0.25, 0.3) is 0 Å². The average molecular weight is 233 g/mol. The molecule has 0 aromatic heterocycles. The molecule has 2 heteroatoms. The minimum absolute atomic E-state index is 0.355. The molecule has 2 N–H and O–H groups in total. The summed E-state index contributed by atoms with van der Waals surface area (Å²) < 4.78 is 6.03. The molecule has 1 aromatic carbocycles. The van der Waals surface area contributed by atoms with Crippen molar-refractivity contribution in [1.82, 2.24) is 0 Å². The minimum Gasteiger partial charge on any atom is -0.488 e. The zero-order valence-corrected chi connectivity index (χ0v) is 10.9. The van der Waals surface area contributed by atoms with Crippen molar-refractivity contribution >= 4 is 5.69 Å². The molecule has 0 spiro atoms.